The summed E-state index contributed by atoms with van der Waals surface area (Å²) >= 11 is 0. The van der Waals surface area contributed by atoms with Crippen LogP contribution in [0.4, 0.5) is 0 Å². The van der Waals surface area contributed by atoms with Crippen LogP contribution in [-0.2, 0) is 0 Å². The zero-order valence-electron chi connectivity index (χ0n) is 12.0. The maximum absolute atomic E-state index is 6.21. The van der Waals surface area contributed by atoms with Gasteiger partial charge in [0.15, 0.2) is 0 Å². The van der Waals surface area contributed by atoms with E-state index in [0.29, 0.717) is 11.0 Å². The molecule has 0 amide bonds. The number of piperidine rings is 1. The Balaban J connectivity index is 2.13. The Morgan fingerprint density at radius 3 is 2.29 bits per heavy atom. The van der Waals surface area contributed by atoms with Crippen LogP contribution in [0.5, 0.6) is 0 Å². The van der Waals surface area contributed by atoms with E-state index in [2.05, 4.69) is 25.7 Å². The fraction of sp³-hybridized carbons (Fsp3) is 1.00. The molecule has 0 aromatic rings. The van der Waals surface area contributed by atoms with Crippen LogP contribution in [0.2, 0.25) is 0 Å². The summed E-state index contributed by atoms with van der Waals surface area (Å²) in [6.45, 7) is 10.7. The van der Waals surface area contributed by atoms with E-state index in [1.807, 2.05) is 0 Å². The number of hydrogen-bond donors (Lipinski definition) is 1. The van der Waals surface area contributed by atoms with Crippen molar-refractivity contribution in [2.75, 3.05) is 19.6 Å². The molecule has 1 aliphatic heterocycles. The third-order valence-electron chi connectivity index (χ3n) is 5.35. The zero-order chi connectivity index (χ0) is 12.5. The molecule has 2 aliphatic rings. The van der Waals surface area contributed by atoms with Crippen molar-refractivity contribution in [3.63, 3.8) is 0 Å². The minimum Gasteiger partial charge on any atom is -0.329 e. The Hall–Kier alpha value is -0.0800. The van der Waals surface area contributed by atoms with Crippen LogP contribution in [0.25, 0.3) is 0 Å². The maximum Gasteiger partial charge on any atom is 0.0357 e. The Labute approximate surface area is 107 Å². The van der Waals surface area contributed by atoms with E-state index in [0.717, 1.165) is 12.5 Å². The van der Waals surface area contributed by atoms with Gasteiger partial charge < -0.3 is 5.73 Å². The molecule has 0 radical (unpaired) electrons. The lowest BCUT2D eigenvalue weighted by molar-refractivity contribution is -0.0315. The molecule has 100 valence electrons. The second kappa shape index (κ2) is 4.89. The van der Waals surface area contributed by atoms with Gasteiger partial charge in [0, 0.05) is 12.1 Å². The largest absolute Gasteiger partial charge is 0.329 e. The minimum atomic E-state index is 0.315. The first-order chi connectivity index (χ1) is 8.00. The number of rotatable bonds is 2. The maximum atomic E-state index is 6.21. The van der Waals surface area contributed by atoms with E-state index < -0.39 is 0 Å². The van der Waals surface area contributed by atoms with Crippen molar-refractivity contribution in [1.29, 1.82) is 0 Å². The van der Waals surface area contributed by atoms with Crippen molar-refractivity contribution in [3.05, 3.63) is 0 Å². The average molecular weight is 238 g/mol. The smallest absolute Gasteiger partial charge is 0.0357 e. The molecule has 2 heteroatoms. The van der Waals surface area contributed by atoms with Crippen LogP contribution in [0, 0.1) is 11.3 Å². The normalized spacial score (nSPS) is 39.2. The van der Waals surface area contributed by atoms with Crippen molar-refractivity contribution >= 4 is 0 Å². The first-order valence-corrected chi connectivity index (χ1v) is 7.45. The fourth-order valence-corrected chi connectivity index (χ4v) is 4.16. The van der Waals surface area contributed by atoms with Crippen molar-refractivity contribution in [2.45, 2.75) is 64.8 Å². The topological polar surface area (TPSA) is 29.3 Å². The molecule has 2 fully saturated rings. The van der Waals surface area contributed by atoms with Crippen LogP contribution in [0.3, 0.4) is 0 Å². The Kier molecular flexibility index (Phi) is 3.84. The number of nitrogens with two attached hydrogens (primary N) is 1. The summed E-state index contributed by atoms with van der Waals surface area (Å²) in [5, 5.41) is 0. The van der Waals surface area contributed by atoms with Crippen LogP contribution in [0.1, 0.15) is 59.3 Å². The summed E-state index contributed by atoms with van der Waals surface area (Å²) in [7, 11) is 0. The van der Waals surface area contributed by atoms with Gasteiger partial charge in [0.25, 0.3) is 0 Å². The molecule has 2 N–H and O–H groups in total. The third-order valence-corrected chi connectivity index (χ3v) is 5.35. The average Bonchev–Trinajstić information content (AvgIpc) is 2.30. The quantitative estimate of drug-likeness (QED) is 0.801. The lowest BCUT2D eigenvalue weighted by atomic mass is 9.63. The monoisotopic (exact) mass is 238 g/mol. The van der Waals surface area contributed by atoms with Gasteiger partial charge in [-0.05, 0) is 56.5 Å². The highest BCUT2D eigenvalue weighted by atomic mass is 15.2. The molecule has 1 heterocycles. The summed E-state index contributed by atoms with van der Waals surface area (Å²) in [6.07, 6.45) is 8.14. The standard InChI is InChI=1S/C15H30N2/c1-13-11-14(2,3)7-8-15(13,12-16)17-9-5-4-6-10-17/h13H,4-12,16H2,1-3H3. The lowest BCUT2D eigenvalue weighted by Gasteiger charge is -2.55. The van der Waals surface area contributed by atoms with Gasteiger partial charge in [-0.1, -0.05) is 27.2 Å². The SMILES string of the molecule is CC1CC(C)(C)CCC1(CN)N1CCCCC1. The van der Waals surface area contributed by atoms with Crippen molar-refractivity contribution in [1.82, 2.24) is 4.90 Å². The fourth-order valence-electron chi connectivity index (χ4n) is 4.16. The summed E-state index contributed by atoms with van der Waals surface area (Å²) in [4.78, 5) is 2.73. The number of nitrogens with zero attached hydrogens (tertiary/aromatic N) is 1. The summed E-state index contributed by atoms with van der Waals surface area (Å²) in [5.74, 6) is 0.745. The van der Waals surface area contributed by atoms with Crippen LogP contribution in [0.15, 0.2) is 0 Å². The molecule has 1 saturated heterocycles. The molecular weight excluding hydrogens is 208 g/mol. The van der Waals surface area contributed by atoms with E-state index in [4.69, 9.17) is 5.73 Å². The van der Waals surface area contributed by atoms with Gasteiger partial charge in [0.1, 0.15) is 0 Å². The van der Waals surface area contributed by atoms with Gasteiger partial charge in [-0.25, -0.2) is 0 Å². The molecule has 1 saturated carbocycles. The van der Waals surface area contributed by atoms with Gasteiger partial charge >= 0.3 is 0 Å². The second-order valence-electron chi connectivity index (χ2n) is 7.12. The summed E-state index contributed by atoms with van der Waals surface area (Å²) in [6, 6.07) is 0. The molecule has 0 aromatic carbocycles. The van der Waals surface area contributed by atoms with Crippen molar-refractivity contribution < 1.29 is 0 Å². The van der Waals surface area contributed by atoms with Crippen molar-refractivity contribution in [2.24, 2.45) is 17.1 Å². The molecule has 2 unspecified atom stereocenters. The first-order valence-electron chi connectivity index (χ1n) is 7.45. The predicted molar refractivity (Wildman–Crippen MR) is 74.0 cm³/mol. The van der Waals surface area contributed by atoms with E-state index in [1.165, 1.54) is 51.6 Å². The molecule has 0 bridgehead atoms. The van der Waals surface area contributed by atoms with Gasteiger partial charge in [-0.15, -0.1) is 0 Å². The Bertz CT molecular complexity index is 256. The molecular formula is C15H30N2. The van der Waals surface area contributed by atoms with Gasteiger partial charge in [0.05, 0.1) is 0 Å². The van der Waals surface area contributed by atoms with Crippen LogP contribution < -0.4 is 5.73 Å². The number of likely N-dealkylation sites (tertiary alicyclic amines) is 1. The van der Waals surface area contributed by atoms with Crippen LogP contribution in [-0.4, -0.2) is 30.1 Å². The second-order valence-corrected chi connectivity index (χ2v) is 7.12. The van der Waals surface area contributed by atoms with Gasteiger partial charge in [-0.2, -0.15) is 0 Å². The zero-order valence-corrected chi connectivity index (χ0v) is 12.0. The highest BCUT2D eigenvalue weighted by Crippen LogP contribution is 2.46. The van der Waals surface area contributed by atoms with Gasteiger partial charge in [-0.3, -0.25) is 4.90 Å². The summed E-state index contributed by atoms with van der Waals surface area (Å²) in [5.41, 5.74) is 7.04. The third kappa shape index (κ3) is 2.53. The van der Waals surface area contributed by atoms with E-state index in [-0.39, 0.29) is 0 Å². The Morgan fingerprint density at radius 1 is 1.12 bits per heavy atom. The first kappa shape index (κ1) is 13.4. The van der Waals surface area contributed by atoms with Crippen molar-refractivity contribution in [3.8, 4) is 0 Å². The molecule has 0 aromatic heterocycles. The van der Waals surface area contributed by atoms with Gasteiger partial charge in [0.2, 0.25) is 0 Å². The predicted octanol–water partition coefficient (Wildman–Crippen LogP) is 3.02. The number of hydrogen-bond acceptors (Lipinski definition) is 2. The molecule has 0 spiro atoms. The highest BCUT2D eigenvalue weighted by molar-refractivity contribution is 5.02. The minimum absolute atomic E-state index is 0.315. The van der Waals surface area contributed by atoms with Crippen LogP contribution >= 0.6 is 0 Å². The molecule has 2 nitrogen and oxygen atoms in total. The highest BCUT2D eigenvalue weighted by Gasteiger charge is 2.46. The Morgan fingerprint density at radius 2 is 1.76 bits per heavy atom. The molecule has 2 rings (SSSR count). The molecule has 2 atom stereocenters. The van der Waals surface area contributed by atoms with E-state index in [1.54, 1.807) is 0 Å². The molecule has 1 aliphatic carbocycles. The summed E-state index contributed by atoms with van der Waals surface area (Å²) < 4.78 is 0. The molecule has 17 heavy (non-hydrogen) atoms. The van der Waals surface area contributed by atoms with E-state index >= 15 is 0 Å². The lowest BCUT2D eigenvalue weighted by Crippen LogP contribution is -2.62. The van der Waals surface area contributed by atoms with E-state index in [9.17, 15) is 0 Å².